The number of non-ortho nitro benzene ring substituents is 1. The maximum absolute atomic E-state index is 11.3. The summed E-state index contributed by atoms with van der Waals surface area (Å²) < 4.78 is 5.86. The number of nitrogens with zero attached hydrogens (tertiary/aromatic N) is 2. The number of hydrogen-bond donors (Lipinski definition) is 1. The van der Waals surface area contributed by atoms with Crippen LogP contribution in [-0.2, 0) is 9.53 Å². The minimum Gasteiger partial charge on any atom is -0.481 e. The number of carboxylic acids is 1. The molecule has 0 bridgehead atoms. The Kier molecular flexibility index (Phi) is 4.79. The van der Waals surface area contributed by atoms with Gasteiger partial charge >= 0.3 is 5.97 Å². The monoisotopic (exact) mass is 358 g/mol. The molecular weight excluding hydrogens is 344 g/mol. The molecule has 0 spiro atoms. The Morgan fingerprint density at radius 2 is 2.29 bits per heavy atom. The molecule has 0 aromatic heterocycles. The van der Waals surface area contributed by atoms with Crippen LogP contribution >= 0.6 is 15.9 Å². The van der Waals surface area contributed by atoms with Crippen LogP contribution in [0.25, 0.3) is 0 Å². The summed E-state index contributed by atoms with van der Waals surface area (Å²) in [4.78, 5) is 23.5. The van der Waals surface area contributed by atoms with Gasteiger partial charge in [0.15, 0.2) is 0 Å². The van der Waals surface area contributed by atoms with Crippen LogP contribution in [-0.4, -0.2) is 41.8 Å². The standard InChI is InChI=1S/C13H15BrN2O5/c1-2-15(12-7-21-6-9(12)13(17)18)11-4-3-8(16(19)20)5-10(11)14/h3-5,9,12H,2,6-7H2,1H3,(H,17,18). The lowest BCUT2D eigenvalue weighted by Crippen LogP contribution is -2.43. The third-order valence-corrected chi connectivity index (χ3v) is 4.20. The Hall–Kier alpha value is -1.67. The minimum atomic E-state index is -0.894. The maximum Gasteiger partial charge on any atom is 0.311 e. The summed E-state index contributed by atoms with van der Waals surface area (Å²) in [5.74, 6) is -1.50. The number of carboxylic acid groups (broad SMARTS) is 1. The van der Waals surface area contributed by atoms with E-state index in [0.29, 0.717) is 17.6 Å². The molecule has 0 saturated carbocycles. The maximum atomic E-state index is 11.3. The summed E-state index contributed by atoms with van der Waals surface area (Å²) in [6.45, 7) is 2.99. The molecule has 2 unspecified atom stereocenters. The number of nitro groups is 1. The molecule has 1 N–H and O–H groups in total. The zero-order valence-electron chi connectivity index (χ0n) is 11.4. The normalized spacial score (nSPS) is 21.2. The van der Waals surface area contributed by atoms with Gasteiger partial charge in [0.25, 0.3) is 5.69 Å². The number of hydrogen-bond acceptors (Lipinski definition) is 5. The van der Waals surface area contributed by atoms with Gasteiger partial charge in [0.2, 0.25) is 0 Å². The molecule has 114 valence electrons. The Morgan fingerprint density at radius 3 is 2.81 bits per heavy atom. The van der Waals surface area contributed by atoms with E-state index in [1.54, 1.807) is 6.07 Å². The lowest BCUT2D eigenvalue weighted by Gasteiger charge is -2.32. The van der Waals surface area contributed by atoms with Gasteiger partial charge in [-0.05, 0) is 28.9 Å². The van der Waals surface area contributed by atoms with Gasteiger partial charge in [-0.15, -0.1) is 0 Å². The van der Waals surface area contributed by atoms with Gasteiger partial charge in [0, 0.05) is 23.2 Å². The number of anilines is 1. The summed E-state index contributed by atoms with van der Waals surface area (Å²) in [7, 11) is 0. The first-order valence-corrected chi connectivity index (χ1v) is 7.26. The lowest BCUT2D eigenvalue weighted by molar-refractivity contribution is -0.384. The van der Waals surface area contributed by atoms with Crippen LogP contribution in [0.4, 0.5) is 11.4 Å². The zero-order valence-corrected chi connectivity index (χ0v) is 12.9. The second-order valence-corrected chi connectivity index (χ2v) is 5.58. The quantitative estimate of drug-likeness (QED) is 0.641. The van der Waals surface area contributed by atoms with E-state index in [0.717, 1.165) is 5.69 Å². The molecule has 1 aliphatic heterocycles. The van der Waals surface area contributed by atoms with Crippen LogP contribution in [0.15, 0.2) is 22.7 Å². The molecule has 21 heavy (non-hydrogen) atoms. The number of benzene rings is 1. The van der Waals surface area contributed by atoms with Crippen molar-refractivity contribution in [3.63, 3.8) is 0 Å². The molecule has 0 amide bonds. The smallest absolute Gasteiger partial charge is 0.311 e. The second-order valence-electron chi connectivity index (χ2n) is 4.73. The number of halogens is 1. The van der Waals surface area contributed by atoms with Gasteiger partial charge in [0.05, 0.1) is 29.9 Å². The molecule has 1 fully saturated rings. The number of nitro benzene ring substituents is 1. The van der Waals surface area contributed by atoms with Gasteiger partial charge in [0.1, 0.15) is 5.92 Å². The first kappa shape index (κ1) is 15.7. The van der Waals surface area contributed by atoms with Crippen molar-refractivity contribution in [2.45, 2.75) is 13.0 Å². The summed E-state index contributed by atoms with van der Waals surface area (Å²) in [6.07, 6.45) is 0. The van der Waals surface area contributed by atoms with Gasteiger partial charge in [-0.25, -0.2) is 0 Å². The molecule has 1 aromatic rings. The van der Waals surface area contributed by atoms with E-state index in [-0.39, 0.29) is 18.3 Å². The van der Waals surface area contributed by atoms with E-state index < -0.39 is 16.8 Å². The predicted molar refractivity (Wildman–Crippen MR) is 79.5 cm³/mol. The van der Waals surface area contributed by atoms with E-state index in [1.165, 1.54) is 12.1 Å². The SMILES string of the molecule is CCN(c1ccc([N+](=O)[O-])cc1Br)C1COCC1C(=O)O. The van der Waals surface area contributed by atoms with Gasteiger partial charge in [-0.2, -0.15) is 0 Å². The number of likely N-dealkylation sites (N-methyl/N-ethyl adjacent to an activating group) is 1. The third-order valence-electron chi connectivity index (χ3n) is 3.56. The highest BCUT2D eigenvalue weighted by molar-refractivity contribution is 9.10. The van der Waals surface area contributed by atoms with Crippen molar-refractivity contribution in [1.29, 1.82) is 0 Å². The Morgan fingerprint density at radius 1 is 1.57 bits per heavy atom. The van der Waals surface area contributed by atoms with E-state index in [4.69, 9.17) is 4.74 Å². The zero-order chi connectivity index (χ0) is 15.6. The van der Waals surface area contributed by atoms with Gasteiger partial charge in [-0.3, -0.25) is 14.9 Å². The molecule has 0 aliphatic carbocycles. The fourth-order valence-electron chi connectivity index (χ4n) is 2.51. The van der Waals surface area contributed by atoms with E-state index in [9.17, 15) is 20.0 Å². The van der Waals surface area contributed by atoms with Crippen LogP contribution in [0.5, 0.6) is 0 Å². The van der Waals surface area contributed by atoms with Gasteiger partial charge < -0.3 is 14.7 Å². The molecule has 2 atom stereocenters. The van der Waals surface area contributed by atoms with Crippen LogP contribution in [0.3, 0.4) is 0 Å². The average Bonchev–Trinajstić information content (AvgIpc) is 2.90. The lowest BCUT2D eigenvalue weighted by atomic mass is 10.0. The van der Waals surface area contributed by atoms with Crippen LogP contribution < -0.4 is 4.90 Å². The van der Waals surface area contributed by atoms with Crippen molar-refractivity contribution >= 4 is 33.3 Å². The van der Waals surface area contributed by atoms with Crippen molar-refractivity contribution in [1.82, 2.24) is 0 Å². The predicted octanol–water partition coefficient (Wildman–Crippen LogP) is 2.28. The molecule has 1 saturated heterocycles. The number of rotatable bonds is 5. The number of ether oxygens (including phenoxy) is 1. The largest absolute Gasteiger partial charge is 0.481 e. The second kappa shape index (κ2) is 6.40. The van der Waals surface area contributed by atoms with Crippen LogP contribution in [0, 0.1) is 16.0 Å². The summed E-state index contributed by atoms with van der Waals surface area (Å²) in [5, 5.41) is 20.0. The van der Waals surface area contributed by atoms with Crippen molar-refractivity contribution in [3.05, 3.63) is 32.8 Å². The first-order chi connectivity index (χ1) is 9.95. The van der Waals surface area contributed by atoms with Gasteiger partial charge in [-0.1, -0.05) is 0 Å². The Bertz CT molecular complexity index is 565. The number of aliphatic carboxylic acids is 1. The van der Waals surface area contributed by atoms with E-state index in [2.05, 4.69) is 15.9 Å². The molecule has 2 rings (SSSR count). The molecular formula is C13H15BrN2O5. The highest BCUT2D eigenvalue weighted by atomic mass is 79.9. The highest BCUT2D eigenvalue weighted by Gasteiger charge is 2.38. The van der Waals surface area contributed by atoms with E-state index in [1.807, 2.05) is 11.8 Å². The minimum absolute atomic E-state index is 0.0147. The number of carbonyl (C=O) groups is 1. The molecule has 1 aliphatic rings. The summed E-state index contributed by atoms with van der Waals surface area (Å²) in [6, 6.07) is 4.17. The highest BCUT2D eigenvalue weighted by Crippen LogP contribution is 2.34. The van der Waals surface area contributed by atoms with Crippen molar-refractivity contribution in [2.75, 3.05) is 24.7 Å². The Labute approximate surface area is 129 Å². The first-order valence-electron chi connectivity index (χ1n) is 6.46. The topological polar surface area (TPSA) is 92.9 Å². The average molecular weight is 359 g/mol. The molecule has 1 heterocycles. The van der Waals surface area contributed by atoms with Crippen LogP contribution in [0.2, 0.25) is 0 Å². The third kappa shape index (κ3) is 3.16. The molecule has 1 aromatic carbocycles. The van der Waals surface area contributed by atoms with Crippen molar-refractivity contribution in [2.24, 2.45) is 5.92 Å². The molecule has 0 radical (unpaired) electrons. The molecule has 7 nitrogen and oxygen atoms in total. The summed E-state index contributed by atoms with van der Waals surface area (Å²) in [5.41, 5.74) is 0.712. The van der Waals surface area contributed by atoms with Crippen molar-refractivity contribution < 1.29 is 19.6 Å². The van der Waals surface area contributed by atoms with Crippen molar-refractivity contribution in [3.8, 4) is 0 Å². The van der Waals surface area contributed by atoms with E-state index >= 15 is 0 Å². The molecule has 8 heteroatoms. The van der Waals surface area contributed by atoms with Crippen LogP contribution in [0.1, 0.15) is 6.92 Å². The fraction of sp³-hybridized carbons (Fsp3) is 0.462. The Balaban J connectivity index is 2.33. The summed E-state index contributed by atoms with van der Waals surface area (Å²) >= 11 is 3.33. The fourth-order valence-corrected chi connectivity index (χ4v) is 3.11.